The Morgan fingerprint density at radius 2 is 2.35 bits per heavy atom. The Morgan fingerprint density at radius 1 is 1.53 bits per heavy atom. The van der Waals surface area contributed by atoms with Crippen LogP contribution in [0.5, 0.6) is 0 Å². The van der Waals surface area contributed by atoms with Gasteiger partial charge >= 0.3 is 0 Å². The first-order valence-electron chi connectivity index (χ1n) is 6.08. The molecule has 0 saturated carbocycles. The predicted octanol–water partition coefficient (Wildman–Crippen LogP) is 3.64. The Bertz CT molecular complexity index is 459. The van der Waals surface area contributed by atoms with Crippen LogP contribution in [-0.4, -0.2) is 9.97 Å². The molecule has 4 heteroatoms. The second-order valence-corrected chi connectivity index (χ2v) is 5.27. The standard InChI is InChI=1S/C13H19N3S/c1-3-4-6-10(14)13-15-9(2)12(16-13)11-7-5-8-17-11/h5,7-8,10H,3-4,6,14H2,1-2H3,(H,15,16). The molecule has 0 aliphatic rings. The van der Waals surface area contributed by atoms with Crippen molar-refractivity contribution in [2.45, 2.75) is 39.2 Å². The highest BCUT2D eigenvalue weighted by atomic mass is 32.1. The van der Waals surface area contributed by atoms with Gasteiger partial charge in [0.1, 0.15) is 11.5 Å². The zero-order chi connectivity index (χ0) is 12.3. The van der Waals surface area contributed by atoms with Crippen LogP contribution in [0.15, 0.2) is 17.5 Å². The van der Waals surface area contributed by atoms with E-state index in [9.17, 15) is 0 Å². The molecule has 0 aliphatic heterocycles. The zero-order valence-corrected chi connectivity index (χ0v) is 11.2. The van der Waals surface area contributed by atoms with E-state index in [2.05, 4.69) is 35.3 Å². The topological polar surface area (TPSA) is 54.7 Å². The SMILES string of the molecule is CCCCC(N)c1nc(-c2cccs2)c(C)[nH]1. The lowest BCUT2D eigenvalue weighted by Gasteiger charge is -2.06. The summed E-state index contributed by atoms with van der Waals surface area (Å²) >= 11 is 1.71. The summed E-state index contributed by atoms with van der Waals surface area (Å²) in [4.78, 5) is 9.15. The molecule has 2 rings (SSSR count). The number of thiophene rings is 1. The number of aromatic nitrogens is 2. The summed E-state index contributed by atoms with van der Waals surface area (Å²) in [7, 11) is 0. The first-order valence-corrected chi connectivity index (χ1v) is 6.96. The molecule has 17 heavy (non-hydrogen) atoms. The fraction of sp³-hybridized carbons (Fsp3) is 0.462. The second kappa shape index (κ2) is 5.47. The van der Waals surface area contributed by atoms with Crippen LogP contribution in [0, 0.1) is 6.92 Å². The van der Waals surface area contributed by atoms with Gasteiger partial charge < -0.3 is 10.7 Å². The molecule has 0 bridgehead atoms. The molecule has 1 unspecified atom stereocenters. The largest absolute Gasteiger partial charge is 0.344 e. The van der Waals surface area contributed by atoms with Crippen LogP contribution in [0.3, 0.4) is 0 Å². The number of aryl methyl sites for hydroxylation is 1. The third-order valence-corrected chi connectivity index (χ3v) is 3.75. The summed E-state index contributed by atoms with van der Waals surface area (Å²) in [6.45, 7) is 4.23. The van der Waals surface area contributed by atoms with Gasteiger partial charge in [-0.1, -0.05) is 25.8 Å². The zero-order valence-electron chi connectivity index (χ0n) is 10.4. The Labute approximate surface area is 106 Å². The van der Waals surface area contributed by atoms with Crippen molar-refractivity contribution in [1.29, 1.82) is 0 Å². The van der Waals surface area contributed by atoms with Crippen LogP contribution in [-0.2, 0) is 0 Å². The van der Waals surface area contributed by atoms with Gasteiger partial charge in [-0.3, -0.25) is 0 Å². The summed E-state index contributed by atoms with van der Waals surface area (Å²) in [6, 6.07) is 4.17. The summed E-state index contributed by atoms with van der Waals surface area (Å²) < 4.78 is 0. The summed E-state index contributed by atoms with van der Waals surface area (Å²) in [5.74, 6) is 0.916. The van der Waals surface area contributed by atoms with Crippen LogP contribution < -0.4 is 5.73 Å². The molecule has 0 saturated heterocycles. The molecular formula is C13H19N3S. The third-order valence-electron chi connectivity index (χ3n) is 2.88. The molecule has 0 fully saturated rings. The summed E-state index contributed by atoms with van der Waals surface area (Å²) in [6.07, 6.45) is 3.31. The van der Waals surface area contributed by atoms with E-state index in [0.717, 1.165) is 30.1 Å². The molecule has 0 aromatic carbocycles. The molecule has 92 valence electrons. The number of imidazole rings is 1. The fourth-order valence-corrected chi connectivity index (χ4v) is 2.64. The van der Waals surface area contributed by atoms with Gasteiger partial charge in [0.15, 0.2) is 0 Å². The molecular weight excluding hydrogens is 230 g/mol. The minimum absolute atomic E-state index is 0.0300. The van der Waals surface area contributed by atoms with Crippen molar-refractivity contribution >= 4 is 11.3 Å². The number of aromatic amines is 1. The first-order chi connectivity index (χ1) is 8.22. The van der Waals surface area contributed by atoms with Gasteiger partial charge in [-0.05, 0) is 24.8 Å². The number of rotatable bonds is 5. The average Bonchev–Trinajstić information content (AvgIpc) is 2.94. The minimum atomic E-state index is 0.0300. The lowest BCUT2D eigenvalue weighted by molar-refractivity contribution is 0.579. The minimum Gasteiger partial charge on any atom is -0.344 e. The Balaban J connectivity index is 2.19. The summed E-state index contributed by atoms with van der Waals surface area (Å²) in [5.41, 5.74) is 8.28. The Hall–Kier alpha value is -1.13. The molecule has 0 aliphatic carbocycles. The molecule has 3 N–H and O–H groups in total. The number of hydrogen-bond donors (Lipinski definition) is 2. The van der Waals surface area contributed by atoms with Gasteiger partial charge in [0, 0.05) is 5.69 Å². The lowest BCUT2D eigenvalue weighted by Crippen LogP contribution is -2.11. The summed E-state index contributed by atoms with van der Waals surface area (Å²) in [5, 5.41) is 2.07. The molecule has 0 radical (unpaired) electrons. The second-order valence-electron chi connectivity index (χ2n) is 4.32. The third kappa shape index (κ3) is 2.76. The van der Waals surface area contributed by atoms with E-state index in [1.807, 2.05) is 6.07 Å². The van der Waals surface area contributed by atoms with Gasteiger partial charge in [-0.15, -0.1) is 11.3 Å². The van der Waals surface area contributed by atoms with E-state index in [1.54, 1.807) is 11.3 Å². The van der Waals surface area contributed by atoms with Crippen molar-refractivity contribution in [2.24, 2.45) is 5.73 Å². The van der Waals surface area contributed by atoms with Gasteiger partial charge in [0.25, 0.3) is 0 Å². The highest BCUT2D eigenvalue weighted by Gasteiger charge is 2.14. The van der Waals surface area contributed by atoms with E-state index in [0.29, 0.717) is 0 Å². The fourth-order valence-electron chi connectivity index (χ4n) is 1.87. The van der Waals surface area contributed by atoms with Gasteiger partial charge in [-0.2, -0.15) is 0 Å². The molecule has 2 aromatic heterocycles. The van der Waals surface area contributed by atoms with Gasteiger partial charge in [0.05, 0.1) is 10.9 Å². The van der Waals surface area contributed by atoms with E-state index in [4.69, 9.17) is 5.73 Å². The normalized spacial score (nSPS) is 12.9. The maximum Gasteiger partial charge on any atom is 0.124 e. The van der Waals surface area contributed by atoms with Crippen LogP contribution in [0.1, 0.15) is 43.7 Å². The van der Waals surface area contributed by atoms with Crippen LogP contribution >= 0.6 is 11.3 Å². The smallest absolute Gasteiger partial charge is 0.124 e. The first kappa shape index (κ1) is 12.3. The maximum atomic E-state index is 6.13. The maximum absolute atomic E-state index is 6.13. The molecule has 0 amide bonds. The van der Waals surface area contributed by atoms with Crippen LogP contribution in [0.2, 0.25) is 0 Å². The van der Waals surface area contributed by atoms with Crippen molar-refractivity contribution in [3.05, 3.63) is 29.0 Å². The van der Waals surface area contributed by atoms with Crippen LogP contribution in [0.4, 0.5) is 0 Å². The highest BCUT2D eigenvalue weighted by Crippen LogP contribution is 2.27. The highest BCUT2D eigenvalue weighted by molar-refractivity contribution is 7.13. The van der Waals surface area contributed by atoms with Crippen molar-refractivity contribution in [3.8, 4) is 10.6 Å². The Morgan fingerprint density at radius 3 is 3.00 bits per heavy atom. The molecule has 2 heterocycles. The predicted molar refractivity (Wildman–Crippen MR) is 73.1 cm³/mol. The van der Waals surface area contributed by atoms with E-state index in [1.165, 1.54) is 11.3 Å². The van der Waals surface area contributed by atoms with Crippen molar-refractivity contribution in [2.75, 3.05) is 0 Å². The van der Waals surface area contributed by atoms with E-state index in [-0.39, 0.29) is 6.04 Å². The average molecular weight is 249 g/mol. The van der Waals surface area contributed by atoms with E-state index < -0.39 is 0 Å². The van der Waals surface area contributed by atoms with Crippen molar-refractivity contribution in [1.82, 2.24) is 9.97 Å². The van der Waals surface area contributed by atoms with Crippen LogP contribution in [0.25, 0.3) is 10.6 Å². The van der Waals surface area contributed by atoms with Crippen molar-refractivity contribution < 1.29 is 0 Å². The number of H-pyrrole nitrogens is 1. The lowest BCUT2D eigenvalue weighted by atomic mass is 10.1. The Kier molecular flexibility index (Phi) is 3.97. The quantitative estimate of drug-likeness (QED) is 0.850. The number of unbranched alkanes of at least 4 members (excludes halogenated alkanes) is 1. The molecule has 2 aromatic rings. The molecule has 0 spiro atoms. The van der Waals surface area contributed by atoms with Gasteiger partial charge in [0.2, 0.25) is 0 Å². The number of nitrogens with two attached hydrogens (primary N) is 1. The van der Waals surface area contributed by atoms with Crippen molar-refractivity contribution in [3.63, 3.8) is 0 Å². The van der Waals surface area contributed by atoms with E-state index >= 15 is 0 Å². The van der Waals surface area contributed by atoms with Gasteiger partial charge in [-0.25, -0.2) is 4.98 Å². The number of hydrogen-bond acceptors (Lipinski definition) is 3. The molecule has 1 atom stereocenters. The molecule has 3 nitrogen and oxygen atoms in total. The monoisotopic (exact) mass is 249 g/mol. The number of nitrogens with one attached hydrogen (secondary N) is 1. The number of nitrogens with zero attached hydrogens (tertiary/aromatic N) is 1.